The highest BCUT2D eigenvalue weighted by atomic mass is 16.5. The zero-order chi connectivity index (χ0) is 18.3. The maximum atomic E-state index is 12.7. The normalized spacial score (nSPS) is 11.6. The Labute approximate surface area is 146 Å². The molecule has 0 aliphatic rings. The van der Waals surface area contributed by atoms with Crippen LogP contribution in [0.2, 0.25) is 0 Å². The Kier molecular flexibility index (Phi) is 3.58. The van der Waals surface area contributed by atoms with Crippen LogP contribution < -0.4 is 16.0 Å². The second kappa shape index (κ2) is 5.92. The van der Waals surface area contributed by atoms with Gasteiger partial charge in [-0.3, -0.25) is 4.79 Å². The Balaban J connectivity index is 1.89. The van der Waals surface area contributed by atoms with Crippen molar-refractivity contribution in [3.8, 4) is 11.5 Å². The smallest absolute Gasteiger partial charge is 0.350 e. The maximum Gasteiger partial charge on any atom is 0.350 e. The molecule has 3 N–H and O–H groups in total. The van der Waals surface area contributed by atoms with E-state index in [1.807, 2.05) is 0 Å². The molecule has 2 aromatic heterocycles. The lowest BCUT2D eigenvalue weighted by Gasteiger charge is -1.99. The molecule has 0 atom stereocenters. The van der Waals surface area contributed by atoms with Crippen molar-refractivity contribution in [1.82, 2.24) is 14.6 Å². The molecule has 0 aliphatic carbocycles. The van der Waals surface area contributed by atoms with Crippen LogP contribution in [0.25, 0.3) is 21.9 Å². The van der Waals surface area contributed by atoms with Crippen molar-refractivity contribution < 1.29 is 9.84 Å². The average Bonchev–Trinajstić information content (AvgIpc) is 3.01. The third-order valence-electron chi connectivity index (χ3n) is 4.05. The van der Waals surface area contributed by atoms with Gasteiger partial charge in [0.2, 0.25) is 0 Å². The van der Waals surface area contributed by atoms with Crippen LogP contribution in [0.5, 0.6) is 11.5 Å². The van der Waals surface area contributed by atoms with Crippen LogP contribution in [-0.4, -0.2) is 33.1 Å². The fraction of sp³-hybridized carbons (Fsp3) is 0.0556. The van der Waals surface area contributed by atoms with E-state index in [4.69, 9.17) is 4.74 Å². The van der Waals surface area contributed by atoms with Gasteiger partial charge < -0.3 is 19.8 Å². The summed E-state index contributed by atoms with van der Waals surface area (Å²) < 4.78 is 5.94. The number of nitrogens with zero attached hydrogens (tertiary/aromatic N) is 2. The van der Waals surface area contributed by atoms with E-state index in [0.29, 0.717) is 27.7 Å². The molecule has 0 saturated carbocycles. The van der Waals surface area contributed by atoms with Gasteiger partial charge in [0.1, 0.15) is 17.0 Å². The molecule has 8 heteroatoms. The fourth-order valence-electron chi connectivity index (χ4n) is 2.74. The quantitative estimate of drug-likeness (QED) is 0.489. The van der Waals surface area contributed by atoms with Gasteiger partial charge in [-0.2, -0.15) is 5.10 Å². The highest BCUT2D eigenvalue weighted by Crippen LogP contribution is 2.25. The fourth-order valence-corrected chi connectivity index (χ4v) is 2.74. The van der Waals surface area contributed by atoms with Gasteiger partial charge >= 0.3 is 11.2 Å². The minimum atomic E-state index is -0.652. The lowest BCUT2D eigenvalue weighted by Crippen LogP contribution is -2.32. The third kappa shape index (κ3) is 2.53. The molecule has 0 fully saturated rings. The lowest BCUT2D eigenvalue weighted by molar-refractivity contribution is 0.415. The SMILES string of the molecule is COc1ccc2[nH]c3c(=O)n(/N=C\c4ccc(O)cc4)c(=O)[nH]c3c2c1. The van der Waals surface area contributed by atoms with Crippen molar-refractivity contribution in [3.05, 3.63) is 68.9 Å². The molecule has 4 rings (SSSR count). The Morgan fingerprint density at radius 1 is 1.08 bits per heavy atom. The highest BCUT2D eigenvalue weighted by Gasteiger charge is 2.13. The minimum absolute atomic E-state index is 0.118. The second-order valence-electron chi connectivity index (χ2n) is 5.67. The number of aromatic amines is 2. The molecular weight excluding hydrogens is 336 g/mol. The number of hydrogen-bond donors (Lipinski definition) is 3. The van der Waals surface area contributed by atoms with Crippen LogP contribution in [0.15, 0.2) is 57.2 Å². The molecule has 130 valence electrons. The number of benzene rings is 2. The second-order valence-corrected chi connectivity index (χ2v) is 5.67. The first-order valence-corrected chi connectivity index (χ1v) is 7.75. The predicted octanol–water partition coefficient (Wildman–Crippen LogP) is 1.77. The number of methoxy groups -OCH3 is 1. The molecule has 2 heterocycles. The number of nitrogens with one attached hydrogen (secondary N) is 2. The maximum absolute atomic E-state index is 12.7. The monoisotopic (exact) mass is 350 g/mol. The molecule has 0 radical (unpaired) electrons. The zero-order valence-corrected chi connectivity index (χ0v) is 13.7. The first-order chi connectivity index (χ1) is 12.6. The molecule has 0 amide bonds. The standard InChI is InChI=1S/C18H14N4O4/c1-26-12-6-7-14-13(8-12)15-16(20-14)17(24)22(18(25)21-15)19-9-10-2-4-11(23)5-3-10/h2-9,20,23H,1H3,(H,21,25)/b19-9-. The number of phenols is 1. The number of aromatic hydroxyl groups is 1. The van der Waals surface area contributed by atoms with Crippen LogP contribution in [0.3, 0.4) is 0 Å². The Morgan fingerprint density at radius 3 is 2.58 bits per heavy atom. The number of hydrogen-bond acceptors (Lipinski definition) is 5. The summed E-state index contributed by atoms with van der Waals surface area (Å²) in [4.78, 5) is 30.7. The topological polar surface area (TPSA) is 112 Å². The third-order valence-corrected chi connectivity index (χ3v) is 4.05. The molecule has 0 aliphatic heterocycles. The van der Waals surface area contributed by atoms with Crippen molar-refractivity contribution >= 4 is 28.2 Å². The van der Waals surface area contributed by atoms with E-state index in [9.17, 15) is 14.7 Å². The summed E-state index contributed by atoms with van der Waals surface area (Å²) >= 11 is 0. The minimum Gasteiger partial charge on any atom is -0.508 e. The molecule has 26 heavy (non-hydrogen) atoms. The van der Waals surface area contributed by atoms with Crippen molar-refractivity contribution in [2.45, 2.75) is 0 Å². The van der Waals surface area contributed by atoms with Crippen molar-refractivity contribution in [3.63, 3.8) is 0 Å². The number of rotatable bonds is 3. The predicted molar refractivity (Wildman–Crippen MR) is 98.3 cm³/mol. The van der Waals surface area contributed by atoms with Gasteiger partial charge in [-0.25, -0.2) is 4.79 Å². The molecule has 0 saturated heterocycles. The van der Waals surface area contributed by atoms with Crippen LogP contribution >= 0.6 is 0 Å². The van der Waals surface area contributed by atoms with Crippen LogP contribution in [-0.2, 0) is 0 Å². The molecule has 8 nitrogen and oxygen atoms in total. The molecule has 0 spiro atoms. The van der Waals surface area contributed by atoms with E-state index in [1.54, 1.807) is 37.4 Å². The van der Waals surface area contributed by atoms with Gasteiger partial charge in [0, 0.05) is 10.9 Å². The van der Waals surface area contributed by atoms with E-state index < -0.39 is 11.2 Å². The van der Waals surface area contributed by atoms with Crippen LogP contribution in [0, 0.1) is 0 Å². The van der Waals surface area contributed by atoms with E-state index in [0.717, 1.165) is 4.68 Å². The summed E-state index contributed by atoms with van der Waals surface area (Å²) in [7, 11) is 1.55. The molecule has 0 unspecified atom stereocenters. The largest absolute Gasteiger partial charge is 0.508 e. The Bertz CT molecular complexity index is 1260. The molecule has 4 aromatic rings. The van der Waals surface area contributed by atoms with Gasteiger partial charge in [-0.15, -0.1) is 4.68 Å². The first-order valence-electron chi connectivity index (χ1n) is 7.75. The summed E-state index contributed by atoms with van der Waals surface area (Å²) in [6, 6.07) is 11.5. The van der Waals surface area contributed by atoms with E-state index in [2.05, 4.69) is 15.1 Å². The highest BCUT2D eigenvalue weighted by molar-refractivity contribution is 6.04. The van der Waals surface area contributed by atoms with Crippen molar-refractivity contribution in [2.24, 2.45) is 5.10 Å². The molecule has 2 aromatic carbocycles. The number of ether oxygens (including phenoxy) is 1. The lowest BCUT2D eigenvalue weighted by atomic mass is 10.2. The Morgan fingerprint density at radius 2 is 1.85 bits per heavy atom. The summed E-state index contributed by atoms with van der Waals surface area (Å²) in [6.45, 7) is 0. The number of aromatic nitrogens is 3. The van der Waals surface area contributed by atoms with E-state index >= 15 is 0 Å². The van der Waals surface area contributed by atoms with Gasteiger partial charge in [-0.05, 0) is 48.0 Å². The summed E-state index contributed by atoms with van der Waals surface area (Å²) in [6.07, 6.45) is 1.37. The van der Waals surface area contributed by atoms with Gasteiger partial charge in [0.05, 0.1) is 18.8 Å². The van der Waals surface area contributed by atoms with Crippen LogP contribution in [0.4, 0.5) is 0 Å². The summed E-state index contributed by atoms with van der Waals surface area (Å²) in [5.41, 5.74) is 0.778. The van der Waals surface area contributed by atoms with Crippen LogP contribution in [0.1, 0.15) is 5.56 Å². The van der Waals surface area contributed by atoms with Crippen molar-refractivity contribution in [2.75, 3.05) is 7.11 Å². The van der Waals surface area contributed by atoms with E-state index in [-0.39, 0.29) is 11.3 Å². The van der Waals surface area contributed by atoms with Gasteiger partial charge in [0.25, 0.3) is 0 Å². The van der Waals surface area contributed by atoms with Gasteiger partial charge in [-0.1, -0.05) is 0 Å². The molecular formula is C18H14N4O4. The number of H-pyrrole nitrogens is 2. The molecule has 0 bridgehead atoms. The number of fused-ring (bicyclic) bond motifs is 3. The Hall–Kier alpha value is -3.81. The van der Waals surface area contributed by atoms with E-state index in [1.165, 1.54) is 18.3 Å². The van der Waals surface area contributed by atoms with Crippen molar-refractivity contribution in [1.29, 1.82) is 0 Å². The number of phenolic OH excluding ortho intramolecular Hbond substituents is 1. The average molecular weight is 350 g/mol. The summed E-state index contributed by atoms with van der Waals surface area (Å²) in [5, 5.41) is 13.9. The zero-order valence-electron chi connectivity index (χ0n) is 13.7. The first kappa shape index (κ1) is 15.7. The summed E-state index contributed by atoms with van der Waals surface area (Å²) in [5.74, 6) is 0.737. The van der Waals surface area contributed by atoms with Gasteiger partial charge in [0.15, 0.2) is 0 Å².